The minimum absolute atomic E-state index is 0.192. The molecule has 0 aliphatic carbocycles. The summed E-state index contributed by atoms with van der Waals surface area (Å²) in [4.78, 5) is 11.6. The Morgan fingerprint density at radius 2 is 1.59 bits per heavy atom. The van der Waals surface area contributed by atoms with Crippen LogP contribution in [0.2, 0.25) is 0 Å². The molecule has 2 aromatic rings. The number of ether oxygens (including phenoxy) is 1. The number of hydrogen-bond donors (Lipinski definition) is 1. The smallest absolute Gasteiger partial charge is 0.357 e. The Bertz CT molecular complexity index is 785. The van der Waals surface area contributed by atoms with Crippen LogP contribution in [0.25, 0.3) is 0 Å². The normalized spacial score (nSPS) is 12.4. The van der Waals surface area contributed by atoms with Gasteiger partial charge in [-0.05, 0) is 55.8 Å². The lowest BCUT2D eigenvalue weighted by Gasteiger charge is -2.28. The van der Waals surface area contributed by atoms with Crippen LogP contribution in [0.1, 0.15) is 35.6 Å². The van der Waals surface area contributed by atoms with E-state index in [9.17, 15) is 13.8 Å². The minimum Gasteiger partial charge on any atom is -0.465 e. The minimum atomic E-state index is -3.59. The predicted molar refractivity (Wildman–Crippen MR) is 101 cm³/mol. The molecule has 1 N–H and O–H groups in total. The lowest BCUT2D eigenvalue weighted by atomic mass is 10.2. The van der Waals surface area contributed by atoms with Crippen molar-refractivity contribution < 1.29 is 27.5 Å². The number of carbonyl (C=O) groups is 1. The van der Waals surface area contributed by atoms with Gasteiger partial charge in [0.25, 0.3) is 0 Å². The van der Waals surface area contributed by atoms with Crippen LogP contribution in [0.15, 0.2) is 48.5 Å². The Morgan fingerprint density at radius 1 is 1.04 bits per heavy atom. The number of benzene rings is 2. The molecule has 0 saturated carbocycles. The molecule has 2 rings (SSSR count). The summed E-state index contributed by atoms with van der Waals surface area (Å²) in [6.07, 6.45) is 0. The maximum absolute atomic E-state index is 13.3. The first-order chi connectivity index (χ1) is 12.9. The van der Waals surface area contributed by atoms with Crippen molar-refractivity contribution in [2.45, 2.75) is 19.6 Å². The van der Waals surface area contributed by atoms with Crippen molar-refractivity contribution in [2.75, 3.05) is 25.6 Å². The van der Waals surface area contributed by atoms with E-state index in [1.165, 1.54) is 31.4 Å². The summed E-state index contributed by atoms with van der Waals surface area (Å²) < 4.78 is 42.3. The third kappa shape index (κ3) is 5.39. The average molecular weight is 395 g/mol. The van der Waals surface area contributed by atoms with Gasteiger partial charge in [0.2, 0.25) is 0 Å². The van der Waals surface area contributed by atoms with Crippen molar-refractivity contribution in [3.05, 3.63) is 65.5 Å². The van der Waals surface area contributed by atoms with Crippen molar-refractivity contribution in [3.8, 4) is 0 Å². The second-order valence-electron chi connectivity index (χ2n) is 5.54. The fourth-order valence-corrected chi connectivity index (χ4v) is 4.45. The Kier molecular flexibility index (Phi) is 7.54. The van der Waals surface area contributed by atoms with E-state index in [4.69, 9.17) is 9.05 Å². The molecular weight excluding hydrogens is 372 g/mol. The van der Waals surface area contributed by atoms with Gasteiger partial charge in [-0.2, -0.15) is 0 Å². The molecule has 2 aromatic carbocycles. The van der Waals surface area contributed by atoms with Crippen molar-refractivity contribution in [2.24, 2.45) is 0 Å². The maximum Gasteiger partial charge on any atom is 0.357 e. The highest BCUT2D eigenvalue weighted by Crippen LogP contribution is 2.60. The summed E-state index contributed by atoms with van der Waals surface area (Å²) in [5.74, 6) is -1.70. The van der Waals surface area contributed by atoms with Gasteiger partial charge in [0.1, 0.15) is 5.82 Å². The van der Waals surface area contributed by atoms with Gasteiger partial charge in [-0.1, -0.05) is 12.1 Å². The first-order valence-corrected chi connectivity index (χ1v) is 10.1. The first kappa shape index (κ1) is 21.1. The molecule has 0 amide bonds. The highest BCUT2D eigenvalue weighted by atomic mass is 31.2. The summed E-state index contributed by atoms with van der Waals surface area (Å²) in [5, 5.41) is 3.12. The molecule has 27 heavy (non-hydrogen) atoms. The summed E-state index contributed by atoms with van der Waals surface area (Å²) in [7, 11) is -2.29. The number of nitrogens with one attached hydrogen (secondary N) is 1. The first-order valence-electron chi connectivity index (χ1n) is 8.52. The van der Waals surface area contributed by atoms with E-state index < -0.39 is 25.2 Å². The monoisotopic (exact) mass is 395 g/mol. The van der Waals surface area contributed by atoms with Crippen LogP contribution >= 0.6 is 7.60 Å². The molecule has 0 radical (unpaired) electrons. The second-order valence-corrected chi connectivity index (χ2v) is 7.66. The van der Waals surface area contributed by atoms with Crippen molar-refractivity contribution in [1.29, 1.82) is 0 Å². The van der Waals surface area contributed by atoms with Crippen molar-refractivity contribution >= 4 is 19.3 Å². The molecule has 0 spiro atoms. The topological polar surface area (TPSA) is 73.9 Å². The van der Waals surface area contributed by atoms with Gasteiger partial charge in [-0.3, -0.25) is 4.57 Å². The Balaban J connectivity index is 2.38. The Morgan fingerprint density at radius 3 is 2.07 bits per heavy atom. The van der Waals surface area contributed by atoms with Crippen LogP contribution in [0.5, 0.6) is 0 Å². The third-order valence-corrected chi connectivity index (χ3v) is 6.03. The molecule has 0 heterocycles. The number of hydrogen-bond acceptors (Lipinski definition) is 6. The van der Waals surface area contributed by atoms with Crippen LogP contribution in [-0.2, 0) is 18.3 Å². The lowest BCUT2D eigenvalue weighted by molar-refractivity contribution is 0.0600. The van der Waals surface area contributed by atoms with Gasteiger partial charge in [0, 0.05) is 5.69 Å². The third-order valence-electron chi connectivity index (χ3n) is 3.73. The number of halogens is 1. The SMILES string of the molecule is CCOP(=O)(OCC)C(Nc1ccc(C(=O)OC)cc1)c1ccc(F)cc1. The molecule has 0 bridgehead atoms. The van der Waals surface area contributed by atoms with E-state index in [2.05, 4.69) is 10.1 Å². The number of methoxy groups -OCH3 is 1. The average Bonchev–Trinajstić information content (AvgIpc) is 2.67. The molecule has 1 atom stereocenters. The molecule has 146 valence electrons. The summed E-state index contributed by atoms with van der Waals surface area (Å²) >= 11 is 0. The highest BCUT2D eigenvalue weighted by Gasteiger charge is 2.37. The molecular formula is C19H23FNO5P. The number of rotatable bonds is 9. The summed E-state index contributed by atoms with van der Waals surface area (Å²) in [5.41, 5.74) is 1.54. The second kappa shape index (κ2) is 9.65. The highest BCUT2D eigenvalue weighted by molar-refractivity contribution is 7.54. The molecule has 0 saturated heterocycles. The van der Waals surface area contributed by atoms with E-state index >= 15 is 0 Å². The molecule has 0 aliphatic rings. The number of carbonyl (C=O) groups excluding carboxylic acids is 1. The molecule has 0 fully saturated rings. The number of esters is 1. The largest absolute Gasteiger partial charge is 0.465 e. The van der Waals surface area contributed by atoms with E-state index in [-0.39, 0.29) is 13.2 Å². The van der Waals surface area contributed by atoms with Crippen LogP contribution in [-0.4, -0.2) is 26.3 Å². The van der Waals surface area contributed by atoms with E-state index in [0.29, 0.717) is 16.8 Å². The van der Waals surface area contributed by atoms with Gasteiger partial charge < -0.3 is 19.1 Å². The summed E-state index contributed by atoms with van der Waals surface area (Å²) in [6.45, 7) is 3.83. The zero-order chi connectivity index (χ0) is 19.9. The van der Waals surface area contributed by atoms with Gasteiger partial charge in [0.15, 0.2) is 5.78 Å². The fourth-order valence-electron chi connectivity index (χ4n) is 2.51. The molecule has 0 aliphatic heterocycles. The van der Waals surface area contributed by atoms with Gasteiger partial charge in [0.05, 0.1) is 25.9 Å². The quantitative estimate of drug-likeness (QED) is 0.476. The predicted octanol–water partition coefficient (Wildman–Crippen LogP) is 4.99. The lowest BCUT2D eigenvalue weighted by Crippen LogP contribution is -2.15. The van der Waals surface area contributed by atoms with Gasteiger partial charge >= 0.3 is 13.6 Å². The zero-order valence-electron chi connectivity index (χ0n) is 15.5. The van der Waals surface area contributed by atoms with E-state index in [0.717, 1.165) is 0 Å². The number of anilines is 1. The van der Waals surface area contributed by atoms with Crippen molar-refractivity contribution in [1.82, 2.24) is 0 Å². The van der Waals surface area contributed by atoms with Crippen LogP contribution in [0, 0.1) is 5.82 Å². The molecule has 0 aromatic heterocycles. The zero-order valence-corrected chi connectivity index (χ0v) is 16.4. The Labute approximate surface area is 158 Å². The summed E-state index contributed by atoms with van der Waals surface area (Å²) in [6, 6.07) is 12.1. The van der Waals surface area contributed by atoms with Gasteiger partial charge in [-0.15, -0.1) is 0 Å². The molecule has 8 heteroatoms. The van der Waals surface area contributed by atoms with Crippen LogP contribution in [0.4, 0.5) is 10.1 Å². The maximum atomic E-state index is 13.3. The van der Waals surface area contributed by atoms with Crippen LogP contribution in [0.3, 0.4) is 0 Å². The van der Waals surface area contributed by atoms with E-state index in [1.807, 2.05) is 0 Å². The van der Waals surface area contributed by atoms with Crippen LogP contribution < -0.4 is 5.32 Å². The van der Waals surface area contributed by atoms with E-state index in [1.54, 1.807) is 38.1 Å². The van der Waals surface area contributed by atoms with Gasteiger partial charge in [-0.25, -0.2) is 9.18 Å². The standard InChI is InChI=1S/C19H23FNO5P/c1-4-25-27(23,26-5-2)18(14-6-10-16(20)11-7-14)21-17-12-8-15(9-13-17)19(22)24-3/h6-13,18,21H,4-5H2,1-3H3. The van der Waals surface area contributed by atoms with Crippen molar-refractivity contribution in [3.63, 3.8) is 0 Å². The molecule has 6 nitrogen and oxygen atoms in total. The molecule has 1 unspecified atom stereocenters. The Hall–Kier alpha value is -2.21. The fraction of sp³-hybridized carbons (Fsp3) is 0.316.